The molecule has 1 amide bonds. The number of hydrogen-bond acceptors (Lipinski definition) is 4. The molecule has 0 saturated carbocycles. The summed E-state index contributed by atoms with van der Waals surface area (Å²) in [6, 6.07) is 19.8. The van der Waals surface area contributed by atoms with E-state index < -0.39 is 0 Å². The van der Waals surface area contributed by atoms with Crippen molar-refractivity contribution in [1.29, 1.82) is 0 Å². The van der Waals surface area contributed by atoms with E-state index in [0.717, 1.165) is 11.1 Å². The van der Waals surface area contributed by atoms with Crippen LogP contribution in [-0.4, -0.2) is 15.5 Å². The molecule has 0 bridgehead atoms. The van der Waals surface area contributed by atoms with Gasteiger partial charge >= 0.3 is 0 Å². The van der Waals surface area contributed by atoms with Crippen molar-refractivity contribution in [3.63, 3.8) is 0 Å². The van der Waals surface area contributed by atoms with Gasteiger partial charge in [-0.3, -0.25) is 9.59 Å². The Hall–Kier alpha value is -3.64. The lowest BCUT2D eigenvalue weighted by Gasteiger charge is -2.08. The van der Waals surface area contributed by atoms with Crippen molar-refractivity contribution < 1.29 is 9.21 Å². The van der Waals surface area contributed by atoms with Crippen LogP contribution in [0.2, 0.25) is 5.02 Å². The molecule has 156 valence electrons. The average molecular weight is 434 g/mol. The zero-order valence-electron chi connectivity index (χ0n) is 16.6. The van der Waals surface area contributed by atoms with Gasteiger partial charge in [0.15, 0.2) is 11.7 Å². The number of rotatable bonds is 7. The summed E-state index contributed by atoms with van der Waals surface area (Å²) >= 11 is 5.90. The van der Waals surface area contributed by atoms with E-state index in [2.05, 4.69) is 10.3 Å². The third-order valence-corrected chi connectivity index (χ3v) is 4.99. The highest BCUT2D eigenvalue weighted by molar-refractivity contribution is 6.30. The van der Waals surface area contributed by atoms with Gasteiger partial charge in [-0.1, -0.05) is 29.8 Å². The van der Waals surface area contributed by atoms with Crippen LogP contribution in [0, 0.1) is 0 Å². The lowest BCUT2D eigenvalue weighted by atomic mass is 10.2. The van der Waals surface area contributed by atoms with Gasteiger partial charge in [-0.25, -0.2) is 4.98 Å². The minimum absolute atomic E-state index is 0.0503. The van der Waals surface area contributed by atoms with E-state index in [0.29, 0.717) is 35.3 Å². The SMILES string of the molecule is O=C(CCc1ncc(-c2ccc(Cl)cc2)o1)Nc1ccc(Cn2ccccc2=O)cc1. The molecule has 0 fully saturated rings. The van der Waals surface area contributed by atoms with Crippen LogP contribution in [0.25, 0.3) is 11.3 Å². The number of hydrogen-bond donors (Lipinski definition) is 1. The van der Waals surface area contributed by atoms with E-state index >= 15 is 0 Å². The maximum Gasteiger partial charge on any atom is 0.250 e. The molecule has 0 saturated heterocycles. The molecule has 0 aliphatic carbocycles. The van der Waals surface area contributed by atoms with E-state index in [1.807, 2.05) is 42.5 Å². The second kappa shape index (κ2) is 9.45. The monoisotopic (exact) mass is 433 g/mol. The number of pyridine rings is 1. The molecule has 0 aliphatic heterocycles. The second-order valence-electron chi connectivity index (χ2n) is 7.04. The number of nitrogens with one attached hydrogen (secondary N) is 1. The lowest BCUT2D eigenvalue weighted by molar-refractivity contribution is -0.116. The summed E-state index contributed by atoms with van der Waals surface area (Å²) in [6.07, 6.45) is 4.04. The number of carbonyl (C=O) groups excluding carboxylic acids is 1. The number of oxazole rings is 1. The number of aromatic nitrogens is 2. The summed E-state index contributed by atoms with van der Waals surface area (Å²) in [5.74, 6) is 1.02. The minimum atomic E-state index is -0.127. The van der Waals surface area contributed by atoms with Gasteiger partial charge in [-0.2, -0.15) is 0 Å². The molecule has 0 spiro atoms. The molecule has 4 rings (SSSR count). The summed E-state index contributed by atoms with van der Waals surface area (Å²) < 4.78 is 7.36. The van der Waals surface area contributed by atoms with Crippen molar-refractivity contribution in [3.8, 4) is 11.3 Å². The normalized spacial score (nSPS) is 10.7. The minimum Gasteiger partial charge on any atom is -0.441 e. The Kier molecular flexibility index (Phi) is 6.29. The Morgan fingerprint density at radius 2 is 1.81 bits per heavy atom. The Bertz CT molecular complexity index is 1230. The first-order chi connectivity index (χ1) is 15.1. The predicted octanol–water partition coefficient (Wildman–Crippen LogP) is 4.78. The first kappa shape index (κ1) is 20.6. The van der Waals surface area contributed by atoms with E-state index in [4.69, 9.17) is 16.0 Å². The predicted molar refractivity (Wildman–Crippen MR) is 120 cm³/mol. The van der Waals surface area contributed by atoms with Gasteiger partial charge in [0.1, 0.15) is 0 Å². The van der Waals surface area contributed by atoms with E-state index in [1.165, 1.54) is 6.07 Å². The van der Waals surface area contributed by atoms with Crippen LogP contribution in [0.1, 0.15) is 17.9 Å². The van der Waals surface area contributed by atoms with Crippen LogP contribution in [-0.2, 0) is 17.8 Å². The summed E-state index contributed by atoms with van der Waals surface area (Å²) in [7, 11) is 0. The Morgan fingerprint density at radius 1 is 1.03 bits per heavy atom. The van der Waals surface area contributed by atoms with Crippen molar-refractivity contribution in [2.45, 2.75) is 19.4 Å². The number of halogens is 1. The van der Waals surface area contributed by atoms with Crippen LogP contribution in [0.3, 0.4) is 0 Å². The molecule has 4 aromatic rings. The van der Waals surface area contributed by atoms with Gasteiger partial charge in [0.2, 0.25) is 5.91 Å². The van der Waals surface area contributed by atoms with Gasteiger partial charge < -0.3 is 14.3 Å². The number of carbonyl (C=O) groups is 1. The largest absolute Gasteiger partial charge is 0.441 e. The Labute approximate surface area is 184 Å². The van der Waals surface area contributed by atoms with Crippen LogP contribution in [0.4, 0.5) is 5.69 Å². The lowest BCUT2D eigenvalue weighted by Crippen LogP contribution is -2.18. The summed E-state index contributed by atoms with van der Waals surface area (Å²) in [4.78, 5) is 28.3. The molecule has 2 aromatic heterocycles. The second-order valence-corrected chi connectivity index (χ2v) is 7.47. The maximum absolute atomic E-state index is 12.3. The molecule has 0 aliphatic rings. The molecule has 1 N–H and O–H groups in total. The van der Waals surface area contributed by atoms with Crippen molar-refractivity contribution in [2.75, 3.05) is 5.32 Å². The third kappa shape index (κ3) is 5.49. The molecule has 0 unspecified atom stereocenters. The van der Waals surface area contributed by atoms with Crippen LogP contribution < -0.4 is 10.9 Å². The van der Waals surface area contributed by atoms with Crippen molar-refractivity contribution in [2.24, 2.45) is 0 Å². The molecule has 31 heavy (non-hydrogen) atoms. The first-order valence-electron chi connectivity index (χ1n) is 9.82. The van der Waals surface area contributed by atoms with Gasteiger partial charge in [-0.05, 0) is 48.0 Å². The van der Waals surface area contributed by atoms with E-state index in [-0.39, 0.29) is 17.9 Å². The quantitative estimate of drug-likeness (QED) is 0.455. The smallest absolute Gasteiger partial charge is 0.250 e. The standard InChI is InChI=1S/C24H20ClN3O3/c25-19-8-6-18(7-9-19)21-15-26-23(31-21)13-12-22(29)27-20-10-4-17(5-11-20)16-28-14-2-1-3-24(28)30/h1-11,14-15H,12-13,16H2,(H,27,29). The van der Waals surface area contributed by atoms with Crippen molar-refractivity contribution >= 4 is 23.2 Å². The molecule has 7 heteroatoms. The summed E-state index contributed by atoms with van der Waals surface area (Å²) in [5, 5.41) is 3.52. The van der Waals surface area contributed by atoms with Gasteiger partial charge in [-0.15, -0.1) is 0 Å². The van der Waals surface area contributed by atoms with Gasteiger partial charge in [0.25, 0.3) is 5.56 Å². The number of amides is 1. The highest BCUT2D eigenvalue weighted by Gasteiger charge is 2.09. The third-order valence-electron chi connectivity index (χ3n) is 4.74. The summed E-state index contributed by atoms with van der Waals surface area (Å²) in [5.41, 5.74) is 2.50. The topological polar surface area (TPSA) is 77.1 Å². The fourth-order valence-electron chi connectivity index (χ4n) is 3.10. The number of anilines is 1. The highest BCUT2D eigenvalue weighted by Crippen LogP contribution is 2.22. The molecular formula is C24H20ClN3O3. The fraction of sp³-hybridized carbons (Fsp3) is 0.125. The van der Waals surface area contributed by atoms with Gasteiger partial charge in [0, 0.05) is 41.4 Å². The molecular weight excluding hydrogens is 414 g/mol. The first-order valence-corrected chi connectivity index (χ1v) is 10.2. The zero-order chi connectivity index (χ0) is 21.6. The molecule has 6 nitrogen and oxygen atoms in total. The summed E-state index contributed by atoms with van der Waals surface area (Å²) in [6.45, 7) is 0.480. The van der Waals surface area contributed by atoms with Crippen molar-refractivity contribution in [3.05, 3.63) is 106 Å². The number of benzene rings is 2. The molecule has 0 atom stereocenters. The Balaban J connectivity index is 1.29. The molecule has 2 heterocycles. The van der Waals surface area contributed by atoms with Gasteiger partial charge in [0.05, 0.1) is 12.7 Å². The molecule has 2 aromatic carbocycles. The fourth-order valence-corrected chi connectivity index (χ4v) is 3.22. The van der Waals surface area contributed by atoms with Crippen LogP contribution >= 0.6 is 11.6 Å². The highest BCUT2D eigenvalue weighted by atomic mass is 35.5. The van der Waals surface area contributed by atoms with E-state index in [1.54, 1.807) is 35.2 Å². The maximum atomic E-state index is 12.3. The Morgan fingerprint density at radius 3 is 2.55 bits per heavy atom. The van der Waals surface area contributed by atoms with E-state index in [9.17, 15) is 9.59 Å². The number of nitrogens with zero attached hydrogens (tertiary/aromatic N) is 2. The van der Waals surface area contributed by atoms with Crippen molar-refractivity contribution in [1.82, 2.24) is 9.55 Å². The van der Waals surface area contributed by atoms with Crippen LogP contribution in [0.5, 0.6) is 0 Å². The number of aryl methyl sites for hydroxylation is 1. The molecule has 0 radical (unpaired) electrons. The average Bonchev–Trinajstić information content (AvgIpc) is 3.25. The van der Waals surface area contributed by atoms with Crippen LogP contribution in [0.15, 0.2) is 88.3 Å². The zero-order valence-corrected chi connectivity index (χ0v) is 17.4.